The average molecular weight is 328 g/mol. The van der Waals surface area contributed by atoms with E-state index in [2.05, 4.69) is 10.3 Å². The Labute approximate surface area is 140 Å². The molecule has 1 amide bonds. The number of nitrogens with one attached hydrogen (secondary N) is 1. The molecule has 126 valence electrons. The van der Waals surface area contributed by atoms with E-state index in [1.54, 1.807) is 25.3 Å². The number of ether oxygens (including phenoxy) is 1. The van der Waals surface area contributed by atoms with Gasteiger partial charge in [0.25, 0.3) is 5.91 Å². The number of methoxy groups -OCH3 is 1. The molecule has 0 unspecified atom stereocenters. The lowest BCUT2D eigenvalue weighted by Crippen LogP contribution is -2.45. The SMILES string of the molecule is COc1ccc([C@H]2C[C@@H](O)[C@@H](O)[C@@H]2NC(=O)c2ccccn2)cc1. The van der Waals surface area contributed by atoms with Crippen LogP contribution in [0.2, 0.25) is 0 Å². The van der Waals surface area contributed by atoms with Gasteiger partial charge in [-0.1, -0.05) is 18.2 Å². The molecule has 6 nitrogen and oxygen atoms in total. The third-order valence-corrected chi connectivity index (χ3v) is 4.43. The number of carbonyl (C=O) groups excluding carboxylic acids is 1. The molecule has 1 aromatic heterocycles. The van der Waals surface area contributed by atoms with E-state index < -0.39 is 18.2 Å². The van der Waals surface area contributed by atoms with Crippen LogP contribution in [0.3, 0.4) is 0 Å². The quantitative estimate of drug-likeness (QED) is 0.782. The summed E-state index contributed by atoms with van der Waals surface area (Å²) < 4.78 is 5.15. The van der Waals surface area contributed by atoms with Gasteiger partial charge in [-0.3, -0.25) is 9.78 Å². The fourth-order valence-electron chi connectivity index (χ4n) is 3.13. The molecule has 1 fully saturated rings. The second kappa shape index (κ2) is 6.98. The monoisotopic (exact) mass is 328 g/mol. The number of amides is 1. The van der Waals surface area contributed by atoms with Crippen LogP contribution in [0.4, 0.5) is 0 Å². The Bertz CT molecular complexity index is 690. The zero-order valence-corrected chi connectivity index (χ0v) is 13.3. The van der Waals surface area contributed by atoms with Crippen molar-refractivity contribution in [3.8, 4) is 5.75 Å². The van der Waals surface area contributed by atoms with Crippen LogP contribution in [-0.2, 0) is 0 Å². The molecular formula is C18H20N2O4. The molecule has 3 rings (SSSR count). The minimum Gasteiger partial charge on any atom is -0.497 e. The fraction of sp³-hybridized carbons (Fsp3) is 0.333. The Morgan fingerprint density at radius 2 is 1.96 bits per heavy atom. The van der Waals surface area contributed by atoms with Crippen molar-refractivity contribution in [1.29, 1.82) is 0 Å². The number of carbonyl (C=O) groups is 1. The molecule has 1 aliphatic carbocycles. The highest BCUT2D eigenvalue weighted by Gasteiger charge is 2.43. The Morgan fingerprint density at radius 3 is 2.58 bits per heavy atom. The van der Waals surface area contributed by atoms with Crippen LogP contribution in [0.5, 0.6) is 5.75 Å². The van der Waals surface area contributed by atoms with Crippen molar-refractivity contribution in [2.75, 3.05) is 7.11 Å². The summed E-state index contributed by atoms with van der Waals surface area (Å²) in [6, 6.07) is 11.9. The van der Waals surface area contributed by atoms with Crippen LogP contribution >= 0.6 is 0 Å². The second-order valence-corrected chi connectivity index (χ2v) is 5.89. The maximum atomic E-state index is 12.3. The lowest BCUT2D eigenvalue weighted by molar-refractivity contribution is 0.0294. The minimum absolute atomic E-state index is 0.187. The molecule has 6 heteroatoms. The van der Waals surface area contributed by atoms with E-state index in [4.69, 9.17) is 4.74 Å². The topological polar surface area (TPSA) is 91.7 Å². The Morgan fingerprint density at radius 1 is 1.21 bits per heavy atom. The van der Waals surface area contributed by atoms with Crippen molar-refractivity contribution in [3.05, 3.63) is 59.9 Å². The highest BCUT2D eigenvalue weighted by molar-refractivity contribution is 5.92. The Balaban J connectivity index is 1.81. The van der Waals surface area contributed by atoms with E-state index in [0.717, 1.165) is 11.3 Å². The van der Waals surface area contributed by atoms with Gasteiger partial charge in [-0.05, 0) is 36.2 Å². The molecule has 0 saturated heterocycles. The Kier molecular flexibility index (Phi) is 4.78. The third-order valence-electron chi connectivity index (χ3n) is 4.43. The van der Waals surface area contributed by atoms with E-state index in [0.29, 0.717) is 6.42 Å². The van der Waals surface area contributed by atoms with Crippen molar-refractivity contribution >= 4 is 5.91 Å². The fourth-order valence-corrected chi connectivity index (χ4v) is 3.13. The van der Waals surface area contributed by atoms with Crippen molar-refractivity contribution < 1.29 is 19.7 Å². The summed E-state index contributed by atoms with van der Waals surface area (Å²) in [4.78, 5) is 16.4. The highest BCUT2D eigenvalue weighted by Crippen LogP contribution is 2.36. The summed E-state index contributed by atoms with van der Waals surface area (Å²) in [6.07, 6.45) is 0.00657. The maximum Gasteiger partial charge on any atom is 0.270 e. The van der Waals surface area contributed by atoms with Gasteiger partial charge in [0, 0.05) is 12.1 Å². The van der Waals surface area contributed by atoms with Gasteiger partial charge in [-0.2, -0.15) is 0 Å². The molecule has 1 heterocycles. The van der Waals surface area contributed by atoms with Crippen LogP contribution in [0.1, 0.15) is 28.4 Å². The number of aliphatic hydroxyl groups excluding tert-OH is 2. The second-order valence-electron chi connectivity index (χ2n) is 5.89. The largest absolute Gasteiger partial charge is 0.497 e. The summed E-state index contributed by atoms with van der Waals surface area (Å²) >= 11 is 0. The van der Waals surface area contributed by atoms with Crippen LogP contribution < -0.4 is 10.1 Å². The molecule has 1 aromatic carbocycles. The maximum absolute atomic E-state index is 12.3. The van der Waals surface area contributed by atoms with Crippen molar-refractivity contribution in [1.82, 2.24) is 10.3 Å². The third kappa shape index (κ3) is 3.25. The predicted molar refractivity (Wildman–Crippen MR) is 87.9 cm³/mol. The van der Waals surface area contributed by atoms with Crippen molar-refractivity contribution in [2.45, 2.75) is 30.6 Å². The first-order chi connectivity index (χ1) is 11.6. The molecule has 1 saturated carbocycles. The molecule has 0 aliphatic heterocycles. The summed E-state index contributed by atoms with van der Waals surface area (Å²) in [6.45, 7) is 0. The first-order valence-corrected chi connectivity index (χ1v) is 7.82. The molecule has 0 radical (unpaired) electrons. The number of nitrogens with zero attached hydrogens (tertiary/aromatic N) is 1. The predicted octanol–water partition coefficient (Wildman–Crippen LogP) is 1.10. The van der Waals surface area contributed by atoms with E-state index in [1.165, 1.54) is 6.20 Å². The first-order valence-electron chi connectivity index (χ1n) is 7.82. The van der Waals surface area contributed by atoms with Gasteiger partial charge >= 0.3 is 0 Å². The summed E-state index contributed by atoms with van der Waals surface area (Å²) in [5, 5.41) is 23.1. The lowest BCUT2D eigenvalue weighted by Gasteiger charge is -2.23. The van der Waals surface area contributed by atoms with Gasteiger partial charge in [0.05, 0.1) is 19.3 Å². The number of aliphatic hydroxyl groups is 2. The van der Waals surface area contributed by atoms with Gasteiger partial charge < -0.3 is 20.3 Å². The van der Waals surface area contributed by atoms with Gasteiger partial charge in [0.1, 0.15) is 17.5 Å². The molecule has 4 atom stereocenters. The van der Waals surface area contributed by atoms with Crippen molar-refractivity contribution in [3.63, 3.8) is 0 Å². The number of hydrogen-bond acceptors (Lipinski definition) is 5. The molecule has 0 spiro atoms. The minimum atomic E-state index is -1.02. The Hall–Kier alpha value is -2.44. The first kappa shape index (κ1) is 16.4. The number of hydrogen-bond donors (Lipinski definition) is 3. The van der Waals surface area contributed by atoms with E-state index >= 15 is 0 Å². The molecule has 3 N–H and O–H groups in total. The van der Waals surface area contributed by atoms with Gasteiger partial charge in [-0.25, -0.2) is 0 Å². The molecule has 2 aromatic rings. The smallest absolute Gasteiger partial charge is 0.270 e. The van der Waals surface area contributed by atoms with Gasteiger partial charge in [0.15, 0.2) is 0 Å². The van der Waals surface area contributed by atoms with Crippen molar-refractivity contribution in [2.24, 2.45) is 0 Å². The summed E-state index contributed by atoms with van der Waals surface area (Å²) in [5.41, 5.74) is 1.21. The molecule has 1 aliphatic rings. The van der Waals surface area contributed by atoms with Crippen LogP contribution in [-0.4, -0.2) is 46.5 Å². The number of rotatable bonds is 4. The average Bonchev–Trinajstić information content (AvgIpc) is 2.91. The normalized spacial score (nSPS) is 26.1. The van der Waals surface area contributed by atoms with E-state index in [-0.39, 0.29) is 17.5 Å². The molecular weight excluding hydrogens is 308 g/mol. The van der Waals surface area contributed by atoms with Crippen LogP contribution in [0.15, 0.2) is 48.7 Å². The molecule has 0 bridgehead atoms. The van der Waals surface area contributed by atoms with Crippen LogP contribution in [0.25, 0.3) is 0 Å². The summed E-state index contributed by atoms with van der Waals surface area (Å²) in [7, 11) is 1.59. The van der Waals surface area contributed by atoms with Gasteiger partial charge in [0.2, 0.25) is 0 Å². The summed E-state index contributed by atoms with van der Waals surface area (Å²) in [5.74, 6) is 0.174. The zero-order chi connectivity index (χ0) is 17.1. The van der Waals surface area contributed by atoms with E-state index in [9.17, 15) is 15.0 Å². The van der Waals surface area contributed by atoms with Gasteiger partial charge in [-0.15, -0.1) is 0 Å². The zero-order valence-electron chi connectivity index (χ0n) is 13.3. The highest BCUT2D eigenvalue weighted by atomic mass is 16.5. The lowest BCUT2D eigenvalue weighted by atomic mass is 9.93. The molecule has 24 heavy (non-hydrogen) atoms. The number of benzene rings is 1. The van der Waals surface area contributed by atoms with Crippen LogP contribution in [0, 0.1) is 0 Å². The number of pyridine rings is 1. The standard InChI is InChI=1S/C18H20N2O4/c1-24-12-7-5-11(6-8-12)13-10-15(21)17(22)16(13)20-18(23)14-4-2-3-9-19-14/h2-9,13,15-17,21-22H,10H2,1H3,(H,20,23)/t13-,15-,16-,17-/m1/s1. The number of aromatic nitrogens is 1. The van der Waals surface area contributed by atoms with E-state index in [1.807, 2.05) is 24.3 Å².